The highest BCUT2D eigenvalue weighted by atomic mass is 24.3. The summed E-state index contributed by atoms with van der Waals surface area (Å²) in [4.78, 5) is 0. The van der Waals surface area contributed by atoms with Gasteiger partial charge in [0.05, 0.1) is 0 Å². The fourth-order valence-electron chi connectivity index (χ4n) is 0.887. The Bertz CT molecular complexity index is 196. The molecule has 0 spiro atoms. The first-order chi connectivity index (χ1) is 4.61. The van der Waals surface area contributed by atoms with Crippen molar-refractivity contribution in [3.8, 4) is 0 Å². The molecule has 0 aliphatic heterocycles. The normalized spacial score (nSPS) is 10.5. The highest BCUT2D eigenvalue weighted by Crippen LogP contribution is 2.20. The van der Waals surface area contributed by atoms with Gasteiger partial charge in [0.15, 0.2) is 0 Å². The van der Waals surface area contributed by atoms with Crippen LogP contribution in [0.2, 0.25) is 0 Å². The topological polar surface area (TPSA) is 0 Å². The molecule has 0 bridgehead atoms. The van der Waals surface area contributed by atoms with Crippen LogP contribution in [0.4, 0.5) is 0 Å². The van der Waals surface area contributed by atoms with Gasteiger partial charge in [0.1, 0.15) is 0 Å². The van der Waals surface area contributed by atoms with E-state index in [1.807, 2.05) is 12.1 Å². The van der Waals surface area contributed by atoms with Crippen molar-refractivity contribution in [2.24, 2.45) is 0 Å². The Kier molecular flexibility index (Phi) is 4.12. The molecular formula is C10H15Mg. The third-order valence-corrected chi connectivity index (χ3v) is 1.58. The van der Waals surface area contributed by atoms with Gasteiger partial charge in [-0.15, -0.1) is 0 Å². The third kappa shape index (κ3) is 3.26. The molecule has 1 aromatic rings. The van der Waals surface area contributed by atoms with Gasteiger partial charge in [-0.1, -0.05) is 45.0 Å². The number of rotatable bonds is 0. The minimum absolute atomic E-state index is 0. The van der Waals surface area contributed by atoms with Crippen LogP contribution < -0.4 is 0 Å². The van der Waals surface area contributed by atoms with Crippen molar-refractivity contribution in [2.75, 3.05) is 0 Å². The first-order valence-electron chi connectivity index (χ1n) is 3.57. The number of hydrogen-bond donors (Lipinski definition) is 0. The van der Waals surface area contributed by atoms with E-state index in [1.165, 1.54) is 5.56 Å². The molecule has 0 saturated carbocycles. The van der Waals surface area contributed by atoms with E-state index in [0.717, 1.165) is 0 Å². The zero-order valence-electron chi connectivity index (χ0n) is 6.81. The lowest BCUT2D eigenvalue weighted by Crippen LogP contribution is -2.10. The molecule has 0 nitrogen and oxygen atoms in total. The van der Waals surface area contributed by atoms with Crippen LogP contribution >= 0.6 is 0 Å². The fourth-order valence-corrected chi connectivity index (χ4v) is 0.887. The molecule has 1 aromatic carbocycles. The minimum atomic E-state index is 0. The van der Waals surface area contributed by atoms with E-state index in [1.54, 1.807) is 0 Å². The predicted octanol–water partition coefficient (Wildman–Crippen LogP) is 1.87. The molecule has 11 heavy (non-hydrogen) atoms. The molecule has 57 valence electrons. The number of benzene rings is 1. The smallest absolute Gasteiger partial charge is 0.0579 e. The van der Waals surface area contributed by atoms with Crippen molar-refractivity contribution < 1.29 is 0 Å². The summed E-state index contributed by atoms with van der Waals surface area (Å²) in [5.74, 6) is 0. The molecular weight excluding hydrogens is 144 g/mol. The summed E-state index contributed by atoms with van der Waals surface area (Å²) in [6.45, 7) is 6.63. The summed E-state index contributed by atoms with van der Waals surface area (Å²) >= 11 is 0. The zero-order chi connectivity index (χ0) is 7.61. The van der Waals surface area contributed by atoms with Crippen LogP contribution in [0.3, 0.4) is 0 Å². The van der Waals surface area contributed by atoms with E-state index in [9.17, 15) is 0 Å². The van der Waals surface area contributed by atoms with Crippen LogP contribution in [-0.2, 0) is 5.41 Å². The SMILES string of the molecule is CC(C)(C)c1cc[c]cc1.[MgH2]. The first-order valence-corrected chi connectivity index (χ1v) is 3.57. The minimum Gasteiger partial charge on any atom is -0.0579 e. The average molecular weight is 160 g/mol. The molecule has 0 aliphatic carbocycles. The highest BCUT2D eigenvalue weighted by Gasteiger charge is 2.11. The Morgan fingerprint density at radius 2 is 1.55 bits per heavy atom. The van der Waals surface area contributed by atoms with Crippen LogP contribution in [0, 0.1) is 6.07 Å². The van der Waals surface area contributed by atoms with Crippen LogP contribution in [0.15, 0.2) is 24.3 Å². The van der Waals surface area contributed by atoms with Gasteiger partial charge in [0.25, 0.3) is 0 Å². The standard InChI is InChI=1S/C10H13.Mg.2H/c1-10(2,3)9-7-5-4-6-8-9;;;/h5-8H,1-3H3;;;. The first kappa shape index (κ1) is 11.0. The van der Waals surface area contributed by atoms with E-state index in [-0.39, 0.29) is 28.5 Å². The van der Waals surface area contributed by atoms with Crippen LogP contribution in [-0.4, -0.2) is 23.1 Å². The summed E-state index contributed by atoms with van der Waals surface area (Å²) < 4.78 is 0. The van der Waals surface area contributed by atoms with E-state index in [2.05, 4.69) is 39.0 Å². The van der Waals surface area contributed by atoms with Gasteiger partial charge in [-0.3, -0.25) is 0 Å². The Morgan fingerprint density at radius 3 is 1.82 bits per heavy atom. The summed E-state index contributed by atoms with van der Waals surface area (Å²) in [7, 11) is 0. The monoisotopic (exact) mass is 159 g/mol. The van der Waals surface area contributed by atoms with Crippen molar-refractivity contribution in [1.82, 2.24) is 0 Å². The molecule has 0 N–H and O–H groups in total. The molecule has 0 fully saturated rings. The van der Waals surface area contributed by atoms with Gasteiger partial charge >= 0.3 is 23.1 Å². The fraction of sp³-hybridized carbons (Fsp3) is 0.400. The third-order valence-electron chi connectivity index (χ3n) is 1.58. The van der Waals surface area contributed by atoms with Gasteiger partial charge in [0.2, 0.25) is 0 Å². The lowest BCUT2D eigenvalue weighted by molar-refractivity contribution is 0.590. The largest absolute Gasteiger partial charge is 0.316 e. The summed E-state index contributed by atoms with van der Waals surface area (Å²) in [5.41, 5.74) is 1.64. The van der Waals surface area contributed by atoms with Crippen molar-refractivity contribution in [3.63, 3.8) is 0 Å². The highest BCUT2D eigenvalue weighted by molar-refractivity contribution is 5.75. The molecule has 0 amide bonds. The Hall–Kier alpha value is -0.0138. The van der Waals surface area contributed by atoms with Crippen LogP contribution in [0.5, 0.6) is 0 Å². The average Bonchev–Trinajstić information content (AvgIpc) is 1.88. The molecule has 0 saturated heterocycles. The van der Waals surface area contributed by atoms with Gasteiger partial charge in [-0.2, -0.15) is 0 Å². The van der Waals surface area contributed by atoms with Crippen molar-refractivity contribution in [2.45, 2.75) is 26.2 Å². The maximum atomic E-state index is 3.00. The summed E-state index contributed by atoms with van der Waals surface area (Å²) in [6, 6.07) is 11.1. The lowest BCUT2D eigenvalue weighted by Gasteiger charge is -2.17. The van der Waals surface area contributed by atoms with E-state index < -0.39 is 0 Å². The summed E-state index contributed by atoms with van der Waals surface area (Å²) in [5, 5.41) is 0. The lowest BCUT2D eigenvalue weighted by atomic mass is 9.87. The van der Waals surface area contributed by atoms with Crippen LogP contribution in [0.25, 0.3) is 0 Å². The van der Waals surface area contributed by atoms with E-state index in [0.29, 0.717) is 0 Å². The molecule has 1 rings (SSSR count). The quantitative estimate of drug-likeness (QED) is 0.507. The van der Waals surface area contributed by atoms with Crippen LogP contribution in [0.1, 0.15) is 26.3 Å². The van der Waals surface area contributed by atoms with Gasteiger partial charge in [0, 0.05) is 0 Å². The maximum absolute atomic E-state index is 3.00. The molecule has 0 unspecified atom stereocenters. The Balaban J connectivity index is 0.000001000. The second-order valence-electron chi connectivity index (χ2n) is 3.54. The van der Waals surface area contributed by atoms with Crippen molar-refractivity contribution in [1.29, 1.82) is 0 Å². The predicted molar refractivity (Wildman–Crippen MR) is 52.5 cm³/mol. The van der Waals surface area contributed by atoms with Crippen molar-refractivity contribution >= 4 is 23.1 Å². The molecule has 0 heterocycles. The molecule has 1 heteroatoms. The Morgan fingerprint density at radius 1 is 1.09 bits per heavy atom. The molecule has 0 aliphatic rings. The Labute approximate surface area is 85.2 Å². The zero-order valence-corrected chi connectivity index (χ0v) is 6.81. The molecule has 1 radical (unpaired) electrons. The maximum Gasteiger partial charge on any atom is 0.316 e. The second kappa shape index (κ2) is 4.12. The van der Waals surface area contributed by atoms with Gasteiger partial charge in [-0.05, 0) is 17.0 Å². The van der Waals surface area contributed by atoms with Gasteiger partial charge < -0.3 is 0 Å². The van der Waals surface area contributed by atoms with E-state index >= 15 is 0 Å². The molecule has 0 atom stereocenters. The summed E-state index contributed by atoms with van der Waals surface area (Å²) in [6.07, 6.45) is 0. The molecule has 0 aromatic heterocycles. The van der Waals surface area contributed by atoms with Gasteiger partial charge in [-0.25, -0.2) is 0 Å². The van der Waals surface area contributed by atoms with Crippen molar-refractivity contribution in [3.05, 3.63) is 35.9 Å². The number of hydrogen-bond acceptors (Lipinski definition) is 0. The van der Waals surface area contributed by atoms with E-state index in [4.69, 9.17) is 0 Å². The second-order valence-corrected chi connectivity index (χ2v) is 3.54.